The number of carbonyl (C=O) groups excluding carboxylic acids is 2. The van der Waals surface area contributed by atoms with Gasteiger partial charge in [0.15, 0.2) is 0 Å². The van der Waals surface area contributed by atoms with Crippen LogP contribution in [0.25, 0.3) is 0 Å². The summed E-state index contributed by atoms with van der Waals surface area (Å²) in [6.45, 7) is 4.96. The number of likely N-dealkylation sites (tertiary alicyclic amines) is 1. The molecule has 9 nitrogen and oxygen atoms in total. The Morgan fingerprint density at radius 1 is 1.26 bits per heavy atom. The van der Waals surface area contributed by atoms with Crippen LogP contribution in [-0.4, -0.2) is 95.0 Å². The molecule has 0 spiro atoms. The summed E-state index contributed by atoms with van der Waals surface area (Å²) in [6.07, 6.45) is -1.79. The van der Waals surface area contributed by atoms with Crippen molar-refractivity contribution in [2.45, 2.75) is 77.0 Å². The molecule has 4 N–H and O–H groups in total. The van der Waals surface area contributed by atoms with Gasteiger partial charge in [0.05, 0.1) is 12.5 Å². The van der Waals surface area contributed by atoms with Crippen molar-refractivity contribution in [2.24, 2.45) is 0 Å². The van der Waals surface area contributed by atoms with Crippen LogP contribution in [0.15, 0.2) is 23.8 Å². The van der Waals surface area contributed by atoms with Crippen LogP contribution in [0.2, 0.25) is 0 Å². The van der Waals surface area contributed by atoms with E-state index in [1.165, 1.54) is 11.9 Å². The highest BCUT2D eigenvalue weighted by Gasteiger charge is 2.44. The number of aliphatic carboxylic acids is 1. The van der Waals surface area contributed by atoms with E-state index in [2.05, 4.69) is 10.6 Å². The molecular formula is C23H37F3N4O5. The largest absolute Gasteiger partial charge is 0.481 e. The van der Waals surface area contributed by atoms with E-state index in [0.717, 1.165) is 10.5 Å². The molecule has 200 valence electrons. The molecule has 1 fully saturated rings. The maximum atomic E-state index is 13.4. The summed E-state index contributed by atoms with van der Waals surface area (Å²) in [5.41, 5.74) is 0.800. The fourth-order valence-corrected chi connectivity index (χ4v) is 3.92. The highest BCUT2D eigenvalue weighted by molar-refractivity contribution is 5.92. The zero-order chi connectivity index (χ0) is 26.8. The van der Waals surface area contributed by atoms with Gasteiger partial charge in [-0.1, -0.05) is 23.8 Å². The molecule has 0 bridgehead atoms. The van der Waals surface area contributed by atoms with Crippen molar-refractivity contribution in [2.75, 3.05) is 26.7 Å². The average Bonchev–Trinajstić information content (AvgIpc) is 3.25. The fraction of sp³-hybridized carbons (Fsp3) is 0.696. The second-order valence-corrected chi connectivity index (χ2v) is 8.52. The van der Waals surface area contributed by atoms with Crippen LogP contribution in [0.1, 0.15) is 46.5 Å². The molecule has 2 unspecified atom stereocenters. The van der Waals surface area contributed by atoms with E-state index >= 15 is 0 Å². The maximum Gasteiger partial charge on any atom is 0.428 e. The molecule has 1 rings (SSSR count). The minimum Gasteiger partial charge on any atom is -0.481 e. The minimum absolute atomic E-state index is 0.0990. The predicted molar refractivity (Wildman–Crippen MR) is 124 cm³/mol. The number of aliphatic hydroxyl groups excluding tert-OH is 1. The van der Waals surface area contributed by atoms with Crippen molar-refractivity contribution in [1.82, 2.24) is 20.4 Å². The average molecular weight is 507 g/mol. The second kappa shape index (κ2) is 14.2. The quantitative estimate of drug-likeness (QED) is 0.221. The first-order valence-corrected chi connectivity index (χ1v) is 11.6. The van der Waals surface area contributed by atoms with Crippen molar-refractivity contribution in [1.29, 1.82) is 0 Å². The molecule has 1 heterocycles. The van der Waals surface area contributed by atoms with Gasteiger partial charge in [0, 0.05) is 25.7 Å². The third-order valence-electron chi connectivity index (χ3n) is 6.00. The summed E-state index contributed by atoms with van der Waals surface area (Å²) >= 11 is 0. The molecular weight excluding hydrogens is 469 g/mol. The molecule has 1 saturated heterocycles. The normalized spacial score (nSPS) is 19.7. The molecule has 0 aromatic rings. The van der Waals surface area contributed by atoms with Gasteiger partial charge >= 0.3 is 12.1 Å². The third-order valence-corrected chi connectivity index (χ3v) is 6.00. The number of hydrogen-bond donors (Lipinski definition) is 4. The summed E-state index contributed by atoms with van der Waals surface area (Å²) in [5, 5.41) is 24.4. The number of nitrogens with one attached hydrogen (secondary N) is 2. The Labute approximate surface area is 204 Å². The summed E-state index contributed by atoms with van der Waals surface area (Å²) in [6, 6.07) is -2.71. The number of halogens is 3. The van der Waals surface area contributed by atoms with Crippen LogP contribution in [0.3, 0.4) is 0 Å². The lowest BCUT2D eigenvalue weighted by Crippen LogP contribution is -2.56. The number of allylic oxidation sites excluding steroid dienone is 3. The van der Waals surface area contributed by atoms with E-state index in [1.54, 1.807) is 39.0 Å². The van der Waals surface area contributed by atoms with Gasteiger partial charge in [0.25, 0.3) is 0 Å². The van der Waals surface area contributed by atoms with Crippen LogP contribution in [-0.2, 0) is 14.4 Å². The SMILES string of the molecule is C/C=C\C(=C/C)CCN(C[C@@H]1CCCN1C(=O)C(CC(=O)O)NC(=O)[C@H](C)NC)C(O)C(F)(F)F. The van der Waals surface area contributed by atoms with Gasteiger partial charge in [0.2, 0.25) is 18.0 Å². The third kappa shape index (κ3) is 9.61. The van der Waals surface area contributed by atoms with Gasteiger partial charge in [-0.2, -0.15) is 13.2 Å². The maximum absolute atomic E-state index is 13.4. The monoisotopic (exact) mass is 506 g/mol. The van der Waals surface area contributed by atoms with Crippen LogP contribution in [0, 0.1) is 0 Å². The van der Waals surface area contributed by atoms with Gasteiger partial charge in [-0.15, -0.1) is 0 Å². The number of likely N-dealkylation sites (N-methyl/N-ethyl adjacent to an activating group) is 1. The van der Waals surface area contributed by atoms with Gasteiger partial charge in [-0.3, -0.25) is 19.3 Å². The number of rotatable bonds is 13. The number of nitrogens with zero attached hydrogens (tertiary/aromatic N) is 2. The van der Waals surface area contributed by atoms with Crippen molar-refractivity contribution >= 4 is 17.8 Å². The van der Waals surface area contributed by atoms with E-state index in [0.29, 0.717) is 12.8 Å². The van der Waals surface area contributed by atoms with Crippen molar-refractivity contribution in [3.8, 4) is 0 Å². The first-order valence-electron chi connectivity index (χ1n) is 11.6. The first kappa shape index (κ1) is 30.6. The van der Waals surface area contributed by atoms with Crippen molar-refractivity contribution < 1.29 is 37.8 Å². The lowest BCUT2D eigenvalue weighted by Gasteiger charge is -2.35. The molecule has 0 aromatic heterocycles. The lowest BCUT2D eigenvalue weighted by atomic mass is 10.1. The molecule has 1 aliphatic rings. The molecule has 1 aliphatic heterocycles. The predicted octanol–water partition coefficient (Wildman–Crippen LogP) is 1.64. The smallest absolute Gasteiger partial charge is 0.428 e. The number of carboxylic acids is 1. The molecule has 12 heteroatoms. The number of carbonyl (C=O) groups is 3. The topological polar surface area (TPSA) is 122 Å². The number of hydrogen-bond acceptors (Lipinski definition) is 6. The summed E-state index contributed by atoms with van der Waals surface area (Å²) < 4.78 is 40.2. The Bertz CT molecular complexity index is 788. The van der Waals surface area contributed by atoms with Crippen molar-refractivity contribution in [3.05, 3.63) is 23.8 Å². The zero-order valence-corrected chi connectivity index (χ0v) is 20.6. The number of aliphatic hydroxyl groups is 1. The van der Waals surface area contributed by atoms with Gasteiger partial charge in [-0.25, -0.2) is 0 Å². The lowest BCUT2D eigenvalue weighted by molar-refractivity contribution is -0.251. The van der Waals surface area contributed by atoms with E-state index in [-0.39, 0.29) is 26.1 Å². The Balaban J connectivity index is 3.08. The van der Waals surface area contributed by atoms with E-state index in [9.17, 15) is 37.8 Å². The summed E-state index contributed by atoms with van der Waals surface area (Å²) in [4.78, 5) is 39.0. The number of alkyl halides is 3. The summed E-state index contributed by atoms with van der Waals surface area (Å²) in [5.74, 6) is -2.54. The first-order chi connectivity index (χ1) is 16.3. The van der Waals surface area contributed by atoms with Crippen LogP contribution < -0.4 is 10.6 Å². The van der Waals surface area contributed by atoms with E-state index < -0.39 is 54.7 Å². The van der Waals surface area contributed by atoms with Crippen LogP contribution >= 0.6 is 0 Å². The zero-order valence-electron chi connectivity index (χ0n) is 20.6. The van der Waals surface area contributed by atoms with Gasteiger partial charge in [-0.05, 0) is 47.1 Å². The van der Waals surface area contributed by atoms with Gasteiger partial charge < -0.3 is 25.7 Å². The standard InChI is InChI=1S/C23H37F3N4O5/c1-5-8-16(6-2)10-12-29(22(35)23(24,25)26)14-17-9-7-11-30(17)21(34)18(13-19(31)32)28-20(33)15(3)27-4/h5-6,8,15,17-18,22,27,35H,7,9-14H2,1-4H3,(H,28,33)(H,31,32)/b8-5-,16-6+/t15-,17-,18?,22?/m0/s1. The molecule has 0 aromatic carbocycles. The second-order valence-electron chi connectivity index (χ2n) is 8.52. The van der Waals surface area contributed by atoms with E-state index in [4.69, 9.17) is 0 Å². The molecule has 4 atom stereocenters. The van der Waals surface area contributed by atoms with Crippen LogP contribution in [0.4, 0.5) is 13.2 Å². The fourth-order valence-electron chi connectivity index (χ4n) is 3.92. The number of carboxylic acid groups (broad SMARTS) is 1. The molecule has 2 amide bonds. The Kier molecular flexibility index (Phi) is 12.4. The highest BCUT2D eigenvalue weighted by atomic mass is 19.4. The Morgan fingerprint density at radius 2 is 1.91 bits per heavy atom. The molecule has 0 saturated carbocycles. The van der Waals surface area contributed by atoms with Crippen molar-refractivity contribution in [3.63, 3.8) is 0 Å². The Morgan fingerprint density at radius 3 is 2.43 bits per heavy atom. The number of amides is 2. The van der Waals surface area contributed by atoms with Gasteiger partial charge in [0.1, 0.15) is 6.04 Å². The van der Waals surface area contributed by atoms with Crippen LogP contribution in [0.5, 0.6) is 0 Å². The minimum atomic E-state index is -4.88. The Hall–Kier alpha value is -2.44. The molecule has 35 heavy (non-hydrogen) atoms. The molecule has 0 aliphatic carbocycles. The summed E-state index contributed by atoms with van der Waals surface area (Å²) in [7, 11) is 1.53. The molecule has 0 radical (unpaired) electrons. The van der Waals surface area contributed by atoms with E-state index in [1.807, 2.05) is 0 Å². The highest BCUT2D eigenvalue weighted by Crippen LogP contribution is 2.27.